The Kier molecular flexibility index (Phi) is 13.2. The molecule has 0 fully saturated rings. The zero-order valence-corrected chi connectivity index (χ0v) is 10.1. The number of hydrogen-bond donors (Lipinski definition) is 1. The average molecular weight is 304 g/mol. The molecule has 0 rings (SSSR count). The molecule has 0 atom stereocenters. The first-order valence-electron chi connectivity index (χ1n) is 2.40. The van der Waals surface area contributed by atoms with Gasteiger partial charge in [0.05, 0.1) is 0 Å². The first-order chi connectivity index (χ1) is 6.47. The molecule has 0 saturated carbocycles. The van der Waals surface area contributed by atoms with E-state index in [-0.39, 0.29) is 0 Å². The highest BCUT2D eigenvalue weighted by Gasteiger charge is 1.95. The van der Waals surface area contributed by atoms with E-state index in [9.17, 15) is 16.8 Å². The fourth-order valence-electron chi connectivity index (χ4n) is 0.0445. The molecule has 0 heterocycles. The van der Waals surface area contributed by atoms with Crippen molar-refractivity contribution in [2.75, 3.05) is 7.11 Å². The van der Waals surface area contributed by atoms with Crippen LogP contribution in [0.1, 0.15) is 0 Å². The molecule has 0 radical (unpaired) electrons. The predicted octanol–water partition coefficient (Wildman–Crippen LogP) is -0.533. The van der Waals surface area contributed by atoms with Crippen molar-refractivity contribution in [3.05, 3.63) is 9.56 Å². The molecule has 9 nitrogen and oxygen atoms in total. The Bertz CT molecular complexity index is 398. The largest absolute Gasteiger partial charge is 0.350 e. The molecule has 0 saturated heterocycles. The summed E-state index contributed by atoms with van der Waals surface area (Å²) >= 11 is 0. The van der Waals surface area contributed by atoms with Crippen LogP contribution < -0.4 is 5.14 Å². The van der Waals surface area contributed by atoms with E-state index < -0.39 is 18.5 Å². The summed E-state index contributed by atoms with van der Waals surface area (Å²) in [7, 11) is 2.03. The van der Waals surface area contributed by atoms with Crippen molar-refractivity contribution >= 4 is 45.9 Å². The molecule has 0 aliphatic heterocycles. The van der Waals surface area contributed by atoms with E-state index in [2.05, 4.69) is 35.5 Å². The monoisotopic (exact) mass is 303 g/mol. The lowest BCUT2D eigenvalue weighted by Crippen LogP contribution is -2.00. The molecule has 0 bridgehead atoms. The molecule has 2 N–H and O–H groups in total. The Labute approximate surface area is 93.9 Å². The summed E-state index contributed by atoms with van der Waals surface area (Å²) < 4.78 is 42.7. The molecule has 13 heteroatoms. The van der Waals surface area contributed by atoms with Gasteiger partial charge in [-0.25, -0.2) is 9.93 Å². The van der Waals surface area contributed by atoms with Crippen LogP contribution in [0.2, 0.25) is 0 Å². The highest BCUT2D eigenvalue weighted by Crippen LogP contribution is 1.93. The first-order valence-corrected chi connectivity index (χ1v) is 7.03. The van der Waals surface area contributed by atoms with E-state index in [0.717, 1.165) is 13.2 Å². The predicted molar refractivity (Wildman–Crippen MR) is 54.5 cm³/mol. The van der Waals surface area contributed by atoms with Gasteiger partial charge in [0.2, 0.25) is 4.96 Å². The molecule has 0 aromatic carbocycles. The normalized spacial score (nSPS) is 9.33. The first kappa shape index (κ1) is 19.9. The molecule has 0 amide bonds. The molecular formula is C2H5Cl2N2O7S2+. The van der Waals surface area contributed by atoms with Gasteiger partial charge >= 0.3 is 16.3 Å². The van der Waals surface area contributed by atoms with Gasteiger partial charge in [0.15, 0.2) is 0 Å². The number of hydrogen-bond acceptors (Lipinski definition) is 6. The van der Waals surface area contributed by atoms with Gasteiger partial charge < -0.3 is 0 Å². The fourth-order valence-corrected chi connectivity index (χ4v) is 0.218. The highest BCUT2D eigenvalue weighted by atomic mass is 35.7. The van der Waals surface area contributed by atoms with E-state index in [1.165, 1.54) is 0 Å². The lowest BCUT2D eigenvalue weighted by atomic mass is 11.7. The summed E-state index contributed by atoms with van der Waals surface area (Å²) in [6.07, 6.45) is 0.763. The number of carbonyl (C=O) groups excluding carboxylic acids is 1. The van der Waals surface area contributed by atoms with Crippen molar-refractivity contribution < 1.29 is 21.6 Å². The van der Waals surface area contributed by atoms with Crippen molar-refractivity contribution in [3.63, 3.8) is 0 Å². The topological polar surface area (TPSA) is 152 Å². The third-order valence-corrected chi connectivity index (χ3v) is 0.646. The van der Waals surface area contributed by atoms with Gasteiger partial charge in [-0.1, -0.05) is 4.40 Å². The minimum Gasteiger partial charge on any atom is -0.215 e. The smallest absolute Gasteiger partial charge is 0.215 e. The van der Waals surface area contributed by atoms with Gasteiger partial charge in [-0.15, -0.1) is 0 Å². The van der Waals surface area contributed by atoms with Crippen molar-refractivity contribution in [2.45, 2.75) is 0 Å². The van der Waals surface area contributed by atoms with Gasteiger partial charge in [-0.3, -0.25) is 0 Å². The van der Waals surface area contributed by atoms with Crippen molar-refractivity contribution in [3.8, 4) is 0 Å². The number of isocyanates is 1. The maximum absolute atomic E-state index is 9.57. The molecular weight excluding hydrogens is 299 g/mol. The molecule has 0 spiro atoms. The number of halogens is 2. The van der Waals surface area contributed by atoms with E-state index in [1.807, 2.05) is 0 Å². The second-order valence-electron chi connectivity index (χ2n) is 1.24. The van der Waals surface area contributed by atoms with E-state index in [1.54, 1.807) is 0 Å². The van der Waals surface area contributed by atoms with Crippen LogP contribution in [0, 0.1) is 9.56 Å². The maximum atomic E-state index is 9.57. The van der Waals surface area contributed by atoms with Crippen LogP contribution >= 0.6 is 21.4 Å². The van der Waals surface area contributed by atoms with Gasteiger partial charge in [0.25, 0.3) is 15.3 Å². The summed E-state index contributed by atoms with van der Waals surface area (Å²) in [5.41, 5.74) is 0. The second kappa shape index (κ2) is 9.96. The van der Waals surface area contributed by atoms with Gasteiger partial charge in [-0.2, -0.15) is 16.8 Å². The van der Waals surface area contributed by atoms with Crippen LogP contribution in [-0.2, 0) is 23.3 Å². The minimum absolute atomic E-state index is 0.763. The Balaban J connectivity index is -0.000000158. The zero-order chi connectivity index (χ0) is 13.1. The average Bonchev–Trinajstić information content (AvgIpc) is 1.80. The molecule has 0 aliphatic rings. The van der Waals surface area contributed by atoms with Crippen molar-refractivity contribution in [2.24, 2.45) is 9.54 Å². The quantitative estimate of drug-likeness (QED) is 0.297. The Hall–Kier alpha value is -0.580. The molecule has 0 aliphatic carbocycles. The van der Waals surface area contributed by atoms with Gasteiger partial charge in [0.1, 0.15) is 0 Å². The molecule has 90 valence electrons. The number of nitrogens with zero attached hydrogens (tertiary/aromatic N) is 1. The van der Waals surface area contributed by atoms with Crippen molar-refractivity contribution in [1.82, 2.24) is 0 Å². The van der Waals surface area contributed by atoms with E-state index >= 15 is 0 Å². The summed E-state index contributed by atoms with van der Waals surface area (Å²) in [6.45, 7) is 0. The SMILES string of the molecule is C[O+]=O.NS(=O)(=O)Cl.O=C=NS(=O)(=O)Cl. The van der Waals surface area contributed by atoms with E-state index in [0.29, 0.717) is 0 Å². The Morgan fingerprint density at radius 3 is 1.47 bits per heavy atom. The van der Waals surface area contributed by atoms with Crippen LogP contribution in [-0.4, -0.2) is 30.0 Å². The maximum Gasteiger partial charge on any atom is 0.350 e. The van der Waals surface area contributed by atoms with Gasteiger partial charge in [0, 0.05) is 26.0 Å². The van der Waals surface area contributed by atoms with Gasteiger partial charge in [-0.05, 0) is 0 Å². The molecule has 15 heavy (non-hydrogen) atoms. The lowest BCUT2D eigenvalue weighted by molar-refractivity contribution is 0.564. The summed E-state index contributed by atoms with van der Waals surface area (Å²) in [4.78, 5) is 17.5. The Morgan fingerprint density at radius 1 is 1.27 bits per heavy atom. The number of nitrogens with two attached hydrogens (primary N) is 1. The summed E-state index contributed by atoms with van der Waals surface area (Å²) in [6, 6.07) is 0. The summed E-state index contributed by atoms with van der Waals surface area (Å²) in [5, 5.41) is 4.09. The Morgan fingerprint density at radius 2 is 1.47 bits per heavy atom. The van der Waals surface area contributed by atoms with Crippen LogP contribution in [0.5, 0.6) is 0 Å². The van der Waals surface area contributed by atoms with E-state index in [4.69, 9.17) is 9.76 Å². The standard InChI is InChI=1S/CClNO3S.CH3O2.ClH2NO2S/c2-7(5,6)3-1-4;1-3-2;1-5(2,3)4/h;1H3;(H2,2,3,4)/q;+1;. The molecule has 0 unspecified atom stereocenters. The molecule has 0 aromatic rings. The van der Waals surface area contributed by atoms with Crippen LogP contribution in [0.3, 0.4) is 0 Å². The second-order valence-corrected chi connectivity index (χ2v) is 5.66. The van der Waals surface area contributed by atoms with Crippen molar-refractivity contribution in [1.29, 1.82) is 0 Å². The fraction of sp³-hybridized carbons (Fsp3) is 0.500. The highest BCUT2D eigenvalue weighted by molar-refractivity contribution is 8.12. The van der Waals surface area contributed by atoms with Crippen LogP contribution in [0.25, 0.3) is 0 Å². The molecule has 0 aromatic heterocycles. The number of rotatable bonds is 1. The third-order valence-electron chi connectivity index (χ3n) is 0.146. The zero-order valence-electron chi connectivity index (χ0n) is 6.95. The third kappa shape index (κ3) is 150. The minimum atomic E-state index is -4.00. The lowest BCUT2D eigenvalue weighted by Gasteiger charge is -1.67. The van der Waals surface area contributed by atoms with Crippen LogP contribution in [0.15, 0.2) is 4.40 Å². The summed E-state index contributed by atoms with van der Waals surface area (Å²) in [5.74, 6) is 0. The van der Waals surface area contributed by atoms with Crippen LogP contribution in [0.4, 0.5) is 0 Å².